The Kier molecular flexibility index (Phi) is 10.1. The van der Waals surface area contributed by atoms with Crippen LogP contribution in [0.4, 0.5) is 26.3 Å². The average molecular weight is 658 g/mol. The van der Waals surface area contributed by atoms with Gasteiger partial charge in [0.25, 0.3) is 0 Å². The third kappa shape index (κ3) is 7.96. The fourth-order valence-corrected chi connectivity index (χ4v) is 2.90. The number of rotatable bonds is 0. The minimum absolute atomic E-state index is 0. The van der Waals surface area contributed by atoms with E-state index in [1.54, 1.807) is 12.1 Å². The van der Waals surface area contributed by atoms with Gasteiger partial charge in [-0.1, -0.05) is 0 Å². The Bertz CT molecular complexity index is 570. The van der Waals surface area contributed by atoms with Gasteiger partial charge in [-0.2, -0.15) is 0 Å². The molecule has 0 aromatic heterocycles. The molecule has 9 heteroatoms. The van der Waals surface area contributed by atoms with Crippen LogP contribution in [-0.4, -0.2) is 44.6 Å². The molecule has 2 aromatic carbocycles. The summed E-state index contributed by atoms with van der Waals surface area (Å²) in [5.41, 5.74) is -1.10. The summed E-state index contributed by atoms with van der Waals surface area (Å²) in [6.07, 6.45) is -8.43. The molecule has 0 heterocycles. The topological polar surface area (TPSA) is 0 Å². The smallest absolute Gasteiger partial charge is 0 e. The van der Waals surface area contributed by atoms with Crippen LogP contribution in [0.3, 0.4) is 0 Å². The zero-order valence-corrected chi connectivity index (χ0v) is 20.1. The Labute approximate surface area is 176 Å². The molecule has 0 spiro atoms. The number of benzene rings is 2. The van der Waals surface area contributed by atoms with Crippen molar-refractivity contribution in [3.63, 3.8) is 0 Å². The van der Waals surface area contributed by atoms with Crippen LogP contribution >= 0.6 is 0 Å². The Hall–Kier alpha value is 0.521. The van der Waals surface area contributed by atoms with Crippen LogP contribution in [0.5, 0.6) is 0 Å². The average Bonchev–Trinajstić information content (AvgIpc) is 2.37. The summed E-state index contributed by atoms with van der Waals surface area (Å²) in [6.45, 7) is 0. The van der Waals surface area contributed by atoms with Crippen LogP contribution < -0.4 is 7.22 Å². The normalized spacial score (nSPS) is 11.0. The van der Waals surface area contributed by atoms with E-state index in [2.05, 4.69) is 0 Å². The minimum Gasteiger partial charge on any atom is 0 e. The maximum atomic E-state index is 12.1. The molecule has 0 unspecified atom stereocenters. The molecule has 2 aromatic rings. The number of halogens is 6. The minimum atomic E-state index is -4.21. The summed E-state index contributed by atoms with van der Waals surface area (Å²) < 4.78 is 72.8. The summed E-state index contributed by atoms with van der Waals surface area (Å²) in [7, 11) is 0. The maximum Gasteiger partial charge on any atom is 0 e. The van der Waals surface area contributed by atoms with Gasteiger partial charge in [-0.15, -0.1) is 0 Å². The van der Waals surface area contributed by atoms with E-state index < -0.39 is 23.5 Å². The van der Waals surface area contributed by atoms with E-state index in [0.29, 0.717) is 0 Å². The quantitative estimate of drug-likeness (QED) is 0.302. The predicted molar refractivity (Wildman–Crippen MR) is 73.7 cm³/mol. The van der Waals surface area contributed by atoms with E-state index in [9.17, 15) is 26.3 Å². The van der Waals surface area contributed by atoms with Gasteiger partial charge in [-0.3, -0.25) is 0 Å². The van der Waals surface area contributed by atoms with Crippen LogP contribution in [0.25, 0.3) is 0 Å². The Balaban J connectivity index is 0.000000403. The van der Waals surface area contributed by atoms with Gasteiger partial charge in [0.1, 0.15) is 0 Å². The number of alkyl halides is 6. The van der Waals surface area contributed by atoms with Crippen molar-refractivity contribution in [2.75, 3.05) is 0 Å². The van der Waals surface area contributed by atoms with E-state index >= 15 is 0 Å². The fourth-order valence-electron chi connectivity index (χ4n) is 1.40. The molecule has 0 aliphatic rings. The molecule has 0 fully saturated rings. The van der Waals surface area contributed by atoms with Crippen molar-refractivity contribution in [2.24, 2.45) is 0 Å². The predicted octanol–water partition coefficient (Wildman–Crippen LogP) is 3.00. The molecular formula is C14H8CdF6Te2. The van der Waals surface area contributed by atoms with Crippen molar-refractivity contribution in [1.29, 1.82) is 0 Å². The van der Waals surface area contributed by atoms with Crippen LogP contribution in [0.2, 0.25) is 0 Å². The Morgan fingerprint density at radius 3 is 1.00 bits per heavy atom. The Morgan fingerprint density at radius 1 is 0.565 bits per heavy atom. The van der Waals surface area contributed by atoms with E-state index in [4.69, 9.17) is 0 Å². The van der Waals surface area contributed by atoms with Gasteiger partial charge in [0.05, 0.1) is 0 Å². The molecule has 120 valence electrons. The fraction of sp³-hybridized carbons (Fsp3) is 0.143. The van der Waals surface area contributed by atoms with E-state index in [1.807, 2.05) is 0 Å². The first-order valence-corrected chi connectivity index (χ1v) is 8.03. The van der Waals surface area contributed by atoms with Gasteiger partial charge in [-0.05, 0) is 0 Å². The first kappa shape index (κ1) is 23.5. The van der Waals surface area contributed by atoms with E-state index in [0.717, 1.165) is 12.1 Å². The maximum absolute atomic E-state index is 12.1. The van der Waals surface area contributed by atoms with Gasteiger partial charge in [0.15, 0.2) is 0 Å². The molecule has 0 saturated heterocycles. The van der Waals surface area contributed by atoms with Crippen LogP contribution in [0.1, 0.15) is 11.1 Å². The van der Waals surface area contributed by atoms with Crippen molar-refractivity contribution in [3.05, 3.63) is 59.7 Å². The van der Waals surface area contributed by atoms with Crippen LogP contribution in [0, 0.1) is 0 Å². The number of hydrogen-bond acceptors (Lipinski definition) is 0. The summed E-state index contributed by atoms with van der Waals surface area (Å²) >= 11 is 2.75. The molecule has 0 N–H and O–H groups in total. The van der Waals surface area contributed by atoms with E-state index in [-0.39, 0.29) is 34.5 Å². The zero-order chi connectivity index (χ0) is 17.0. The zero-order valence-electron chi connectivity index (χ0n) is 11.4. The molecule has 0 aliphatic heterocycles. The van der Waals surface area contributed by atoms with Crippen molar-refractivity contribution in [3.8, 4) is 0 Å². The van der Waals surface area contributed by atoms with Gasteiger partial charge >= 0.3 is 150 Å². The molecule has 0 aliphatic carbocycles. The molecule has 0 atom stereocenters. The van der Waals surface area contributed by atoms with Crippen molar-refractivity contribution < 1.29 is 53.6 Å². The molecule has 0 bridgehead atoms. The summed E-state index contributed by atoms with van der Waals surface area (Å²) in [5.74, 6) is 0. The van der Waals surface area contributed by atoms with Crippen molar-refractivity contribution in [1.82, 2.24) is 0 Å². The summed E-state index contributed by atoms with van der Waals surface area (Å²) in [5, 5.41) is 0. The molecule has 0 amide bonds. The van der Waals surface area contributed by atoms with Crippen molar-refractivity contribution in [2.45, 2.75) is 12.4 Å². The molecule has 0 nitrogen and oxygen atoms in total. The molecule has 23 heavy (non-hydrogen) atoms. The van der Waals surface area contributed by atoms with Gasteiger partial charge < -0.3 is 0 Å². The molecule has 2 rings (SSSR count). The second kappa shape index (κ2) is 9.86. The van der Waals surface area contributed by atoms with Crippen LogP contribution in [0.15, 0.2) is 48.5 Å². The third-order valence-corrected chi connectivity index (χ3v) is 4.42. The Morgan fingerprint density at radius 2 is 0.826 bits per heavy atom. The second-order valence-electron chi connectivity index (χ2n) is 3.99. The molecular weight excluding hydrogens is 650 g/mol. The summed E-state index contributed by atoms with van der Waals surface area (Å²) in [6, 6.07) is 11.0. The summed E-state index contributed by atoms with van der Waals surface area (Å²) in [4.78, 5) is 0. The van der Waals surface area contributed by atoms with Crippen molar-refractivity contribution >= 4 is 51.8 Å². The van der Waals surface area contributed by atoms with E-state index in [1.165, 1.54) is 68.9 Å². The molecule has 2 radical (unpaired) electrons. The third-order valence-electron chi connectivity index (χ3n) is 2.38. The SMILES string of the molecule is FC(F)(F)c1ccccc1[Te].FC(F)(F)c1ccccc1[Te].[Cd]. The standard InChI is InChI=1S/2C7H4F3Te.Cd/c2*8-7(9,10)5-3-1-2-4-6(5)11;/h2*1-4H;. The van der Waals surface area contributed by atoms with Crippen LogP contribution in [-0.2, 0) is 39.7 Å². The number of hydrogen-bond donors (Lipinski definition) is 0. The first-order chi connectivity index (χ1) is 10.0. The van der Waals surface area contributed by atoms with Gasteiger partial charge in [0.2, 0.25) is 0 Å². The first-order valence-electron chi connectivity index (χ1n) is 5.70. The van der Waals surface area contributed by atoms with Gasteiger partial charge in [0, 0.05) is 27.3 Å². The second-order valence-corrected chi connectivity index (χ2v) is 6.50. The molecule has 0 saturated carbocycles. The monoisotopic (exact) mass is 664 g/mol. The van der Waals surface area contributed by atoms with Gasteiger partial charge in [-0.25, -0.2) is 0 Å². The largest absolute Gasteiger partial charge is 0 e.